The van der Waals surface area contributed by atoms with Crippen LogP contribution in [0.1, 0.15) is 36.0 Å². The maximum absolute atomic E-state index is 12.5. The van der Waals surface area contributed by atoms with E-state index in [1.807, 2.05) is 18.2 Å². The minimum Gasteiger partial charge on any atom is -0.346 e. The maximum atomic E-state index is 12.5. The molecule has 2 atom stereocenters. The van der Waals surface area contributed by atoms with Crippen molar-refractivity contribution in [3.63, 3.8) is 0 Å². The highest BCUT2D eigenvalue weighted by atomic mass is 16.2. The van der Waals surface area contributed by atoms with E-state index in [0.717, 1.165) is 25.7 Å². The summed E-state index contributed by atoms with van der Waals surface area (Å²) < 4.78 is 0. The van der Waals surface area contributed by atoms with E-state index >= 15 is 0 Å². The van der Waals surface area contributed by atoms with E-state index in [2.05, 4.69) is 10.6 Å². The summed E-state index contributed by atoms with van der Waals surface area (Å²) in [4.78, 5) is 36.9. The molecule has 2 bridgehead atoms. The molecule has 1 aliphatic heterocycles. The highest BCUT2D eigenvalue weighted by Gasteiger charge is 2.62. The van der Waals surface area contributed by atoms with E-state index in [1.165, 1.54) is 0 Å². The maximum Gasteiger partial charge on any atom is 0.251 e. The van der Waals surface area contributed by atoms with E-state index < -0.39 is 11.5 Å². The Morgan fingerprint density at radius 1 is 1.09 bits per heavy atom. The molecule has 4 aliphatic rings. The lowest BCUT2D eigenvalue weighted by Gasteiger charge is -2.52. The van der Waals surface area contributed by atoms with Gasteiger partial charge in [0.05, 0.1) is 17.4 Å². The van der Waals surface area contributed by atoms with Crippen LogP contribution in [0.4, 0.5) is 0 Å². The third kappa shape index (κ3) is 1.81. The van der Waals surface area contributed by atoms with Crippen molar-refractivity contribution in [2.75, 3.05) is 0 Å². The first-order chi connectivity index (χ1) is 10.6. The normalized spacial score (nSPS) is 35.9. The second-order valence-corrected chi connectivity index (χ2v) is 6.67. The van der Waals surface area contributed by atoms with Crippen molar-refractivity contribution in [1.29, 1.82) is 0 Å². The van der Waals surface area contributed by atoms with Crippen LogP contribution in [0.15, 0.2) is 30.3 Å². The van der Waals surface area contributed by atoms with E-state index in [1.54, 1.807) is 12.1 Å². The number of nitrogens with one attached hydrogen (secondary N) is 2. The average Bonchev–Trinajstić information content (AvgIpc) is 2.86. The first-order valence-corrected chi connectivity index (χ1v) is 7.83. The third-order valence-corrected chi connectivity index (χ3v) is 5.61. The van der Waals surface area contributed by atoms with Gasteiger partial charge in [-0.05, 0) is 43.7 Å². The quantitative estimate of drug-likeness (QED) is 0.807. The lowest BCUT2D eigenvalue weighted by atomic mass is 9.55. The van der Waals surface area contributed by atoms with E-state index in [-0.39, 0.29) is 29.6 Å². The number of hydrogen-bond donors (Lipinski definition) is 2. The Bertz CT molecular complexity index is 647. The van der Waals surface area contributed by atoms with Gasteiger partial charge in [0.2, 0.25) is 11.8 Å². The summed E-state index contributed by atoms with van der Waals surface area (Å²) in [6.07, 6.45) is 3.35. The molecule has 114 valence electrons. The SMILES string of the molecule is O=C(NC12CCC(CC1)[C@H]1C(=O)NC(=O)[C@H]12)c1ccccc1. The van der Waals surface area contributed by atoms with Gasteiger partial charge in [-0.2, -0.15) is 0 Å². The number of carbonyl (C=O) groups excluding carboxylic acids is 3. The van der Waals surface area contributed by atoms with Crippen LogP contribution in [-0.2, 0) is 9.59 Å². The number of carbonyl (C=O) groups is 3. The second-order valence-electron chi connectivity index (χ2n) is 6.67. The fourth-order valence-electron chi connectivity index (χ4n) is 4.59. The second kappa shape index (κ2) is 4.66. The van der Waals surface area contributed by atoms with Crippen molar-refractivity contribution in [1.82, 2.24) is 10.6 Å². The fourth-order valence-corrected chi connectivity index (χ4v) is 4.59. The molecule has 1 aromatic carbocycles. The van der Waals surface area contributed by atoms with Crippen molar-refractivity contribution >= 4 is 17.7 Å². The fraction of sp³-hybridized carbons (Fsp3) is 0.471. The Labute approximate surface area is 128 Å². The standard InChI is InChI=1S/C17H18N2O3/c20-14(11-4-2-1-3-5-11)19-17-8-6-10(7-9-17)12-13(17)16(22)18-15(12)21/h1-5,10,12-13H,6-9H2,(H,19,20)(H,18,21,22)/t10?,12-,13+,17?/m1/s1. The zero-order valence-electron chi connectivity index (χ0n) is 12.2. The molecule has 3 amide bonds. The molecule has 1 heterocycles. The Kier molecular flexibility index (Phi) is 2.86. The van der Waals surface area contributed by atoms with Crippen molar-refractivity contribution in [2.45, 2.75) is 31.2 Å². The summed E-state index contributed by atoms with van der Waals surface area (Å²) in [6, 6.07) is 9.02. The van der Waals surface area contributed by atoms with E-state index in [9.17, 15) is 14.4 Å². The molecule has 2 N–H and O–H groups in total. The lowest BCUT2D eigenvalue weighted by Crippen LogP contribution is -2.63. The van der Waals surface area contributed by atoms with Crippen molar-refractivity contribution in [3.05, 3.63) is 35.9 Å². The Balaban J connectivity index is 1.66. The molecule has 22 heavy (non-hydrogen) atoms. The molecule has 0 spiro atoms. The highest BCUT2D eigenvalue weighted by Crippen LogP contribution is 2.53. The molecule has 5 nitrogen and oxygen atoms in total. The Morgan fingerprint density at radius 3 is 2.45 bits per heavy atom. The molecular weight excluding hydrogens is 280 g/mol. The smallest absolute Gasteiger partial charge is 0.251 e. The minimum absolute atomic E-state index is 0.155. The highest BCUT2D eigenvalue weighted by molar-refractivity contribution is 6.07. The van der Waals surface area contributed by atoms with Crippen LogP contribution < -0.4 is 10.6 Å². The first kappa shape index (κ1) is 13.5. The van der Waals surface area contributed by atoms with Gasteiger partial charge in [-0.3, -0.25) is 19.7 Å². The summed E-state index contributed by atoms with van der Waals surface area (Å²) in [5.74, 6) is -0.907. The van der Waals surface area contributed by atoms with Gasteiger partial charge in [0.15, 0.2) is 0 Å². The zero-order valence-corrected chi connectivity index (χ0v) is 12.2. The van der Waals surface area contributed by atoms with Crippen LogP contribution in [0, 0.1) is 17.8 Å². The Morgan fingerprint density at radius 2 is 1.77 bits per heavy atom. The summed E-state index contributed by atoms with van der Waals surface area (Å²) in [7, 11) is 0. The monoisotopic (exact) mass is 298 g/mol. The van der Waals surface area contributed by atoms with Gasteiger partial charge in [-0.15, -0.1) is 0 Å². The van der Waals surface area contributed by atoms with Crippen LogP contribution in [0.25, 0.3) is 0 Å². The third-order valence-electron chi connectivity index (χ3n) is 5.61. The number of rotatable bonds is 2. The summed E-state index contributed by atoms with van der Waals surface area (Å²) in [5.41, 5.74) is 0.0219. The van der Waals surface area contributed by atoms with Gasteiger partial charge in [0, 0.05) is 5.56 Å². The summed E-state index contributed by atoms with van der Waals surface area (Å²) in [5, 5.41) is 5.57. The minimum atomic E-state index is -0.567. The molecule has 0 unspecified atom stereocenters. The molecule has 3 aliphatic carbocycles. The van der Waals surface area contributed by atoms with Gasteiger partial charge in [0.1, 0.15) is 0 Å². The van der Waals surface area contributed by atoms with Crippen LogP contribution in [-0.4, -0.2) is 23.3 Å². The van der Waals surface area contributed by atoms with Gasteiger partial charge in [-0.1, -0.05) is 18.2 Å². The number of amides is 3. The molecule has 5 rings (SSSR count). The number of benzene rings is 1. The van der Waals surface area contributed by atoms with Crippen LogP contribution in [0.5, 0.6) is 0 Å². The molecule has 5 heteroatoms. The number of hydrogen-bond acceptors (Lipinski definition) is 3. The predicted molar refractivity (Wildman–Crippen MR) is 78.7 cm³/mol. The summed E-state index contributed by atoms with van der Waals surface area (Å²) >= 11 is 0. The largest absolute Gasteiger partial charge is 0.346 e. The molecule has 0 aromatic heterocycles. The summed E-state index contributed by atoms with van der Waals surface area (Å²) in [6.45, 7) is 0. The van der Waals surface area contributed by atoms with Gasteiger partial charge in [-0.25, -0.2) is 0 Å². The average molecular weight is 298 g/mol. The molecule has 1 aromatic rings. The lowest BCUT2D eigenvalue weighted by molar-refractivity contribution is -0.132. The molecule has 3 saturated carbocycles. The Hall–Kier alpha value is -2.17. The molecule has 4 fully saturated rings. The van der Waals surface area contributed by atoms with Crippen molar-refractivity contribution in [2.24, 2.45) is 17.8 Å². The molecule has 0 radical (unpaired) electrons. The van der Waals surface area contributed by atoms with E-state index in [0.29, 0.717) is 5.56 Å². The van der Waals surface area contributed by atoms with Crippen LogP contribution in [0.2, 0.25) is 0 Å². The number of imide groups is 1. The van der Waals surface area contributed by atoms with Gasteiger partial charge >= 0.3 is 0 Å². The van der Waals surface area contributed by atoms with E-state index in [4.69, 9.17) is 0 Å². The van der Waals surface area contributed by atoms with Crippen LogP contribution >= 0.6 is 0 Å². The number of fused-ring (bicyclic) bond motifs is 2. The topological polar surface area (TPSA) is 75.3 Å². The van der Waals surface area contributed by atoms with Gasteiger partial charge < -0.3 is 5.32 Å². The van der Waals surface area contributed by atoms with Crippen LogP contribution in [0.3, 0.4) is 0 Å². The predicted octanol–water partition coefficient (Wildman–Crippen LogP) is 1.25. The van der Waals surface area contributed by atoms with Crippen molar-refractivity contribution < 1.29 is 14.4 Å². The molecule has 1 saturated heterocycles. The zero-order chi connectivity index (χ0) is 15.3. The van der Waals surface area contributed by atoms with Gasteiger partial charge in [0.25, 0.3) is 5.91 Å². The first-order valence-electron chi connectivity index (χ1n) is 7.83. The molecular formula is C17H18N2O3. The van der Waals surface area contributed by atoms with Crippen molar-refractivity contribution in [3.8, 4) is 0 Å².